The molecule has 3 rings (SSSR count). The van der Waals surface area contributed by atoms with Crippen molar-refractivity contribution >= 4 is 22.4 Å². The molecule has 0 aliphatic heterocycles. The number of hydrogen-bond donors (Lipinski definition) is 1. The fourth-order valence-corrected chi connectivity index (χ4v) is 2.96. The Bertz CT molecular complexity index is 798. The first kappa shape index (κ1) is 16.3. The monoisotopic (exact) mass is 342 g/mol. The Hall–Kier alpha value is -2.54. The van der Waals surface area contributed by atoms with Crippen LogP contribution >= 0.6 is 11.3 Å². The molecule has 0 aliphatic carbocycles. The van der Waals surface area contributed by atoms with Crippen molar-refractivity contribution < 1.29 is 9.21 Å². The number of anilines is 1. The van der Waals surface area contributed by atoms with Gasteiger partial charge in [0, 0.05) is 12.0 Å². The third-order valence-corrected chi connectivity index (χ3v) is 4.27. The summed E-state index contributed by atoms with van der Waals surface area (Å²) in [6, 6.07) is 9.58. The van der Waals surface area contributed by atoms with E-state index in [0.29, 0.717) is 16.7 Å². The number of carbonyl (C=O) groups excluding carboxylic acids is 1. The van der Waals surface area contributed by atoms with Crippen LogP contribution in [0.15, 0.2) is 41.0 Å². The highest BCUT2D eigenvalue weighted by atomic mass is 32.1. The van der Waals surface area contributed by atoms with Crippen molar-refractivity contribution in [3.8, 4) is 11.5 Å². The van der Waals surface area contributed by atoms with Gasteiger partial charge in [0.05, 0.1) is 12.1 Å². The second-order valence-electron chi connectivity index (χ2n) is 5.34. The molecule has 0 radical (unpaired) electrons. The largest absolute Gasteiger partial charge is 0.444 e. The van der Waals surface area contributed by atoms with Gasteiger partial charge in [0.2, 0.25) is 16.9 Å². The van der Waals surface area contributed by atoms with Crippen LogP contribution in [-0.4, -0.2) is 21.1 Å². The highest BCUT2D eigenvalue weighted by molar-refractivity contribution is 7.15. The van der Waals surface area contributed by atoms with Crippen LogP contribution in [-0.2, 0) is 17.6 Å². The highest BCUT2D eigenvalue weighted by Crippen LogP contribution is 2.19. The summed E-state index contributed by atoms with van der Waals surface area (Å²) in [7, 11) is 0. The van der Waals surface area contributed by atoms with Crippen LogP contribution in [0.3, 0.4) is 0 Å². The van der Waals surface area contributed by atoms with E-state index in [9.17, 15) is 4.79 Å². The van der Waals surface area contributed by atoms with Gasteiger partial charge in [-0.2, -0.15) is 0 Å². The van der Waals surface area contributed by atoms with Crippen LogP contribution < -0.4 is 5.32 Å². The van der Waals surface area contributed by atoms with Gasteiger partial charge in [0.25, 0.3) is 0 Å². The SMILES string of the molecule is CCCCc1nnc(NC(=O)Cc2coc(-c3ccccc3)n2)s1. The molecule has 7 heteroatoms. The van der Waals surface area contributed by atoms with E-state index in [1.54, 1.807) is 0 Å². The van der Waals surface area contributed by atoms with E-state index in [0.717, 1.165) is 29.8 Å². The van der Waals surface area contributed by atoms with Gasteiger partial charge in [0.15, 0.2) is 0 Å². The van der Waals surface area contributed by atoms with Gasteiger partial charge in [-0.15, -0.1) is 10.2 Å². The number of hydrogen-bond acceptors (Lipinski definition) is 6. The molecule has 0 saturated carbocycles. The van der Waals surface area contributed by atoms with Gasteiger partial charge in [-0.1, -0.05) is 42.9 Å². The Morgan fingerprint density at radius 1 is 1.25 bits per heavy atom. The van der Waals surface area contributed by atoms with E-state index in [-0.39, 0.29) is 12.3 Å². The van der Waals surface area contributed by atoms with Crippen molar-refractivity contribution in [2.24, 2.45) is 0 Å². The first-order chi connectivity index (χ1) is 11.7. The lowest BCUT2D eigenvalue weighted by molar-refractivity contribution is -0.115. The number of benzene rings is 1. The Morgan fingerprint density at radius 2 is 2.08 bits per heavy atom. The smallest absolute Gasteiger partial charge is 0.232 e. The molecule has 1 amide bonds. The lowest BCUT2D eigenvalue weighted by atomic mass is 10.2. The predicted octanol–water partition coefficient (Wildman–Crippen LogP) is 3.72. The van der Waals surface area contributed by atoms with E-state index in [2.05, 4.69) is 27.4 Å². The standard InChI is InChI=1S/C17H18N4O2S/c1-2-3-9-15-20-21-17(24-15)19-14(22)10-13-11-23-16(18-13)12-7-5-4-6-8-12/h4-8,11H,2-3,9-10H2,1H3,(H,19,21,22). The van der Waals surface area contributed by atoms with Crippen LogP contribution in [0.4, 0.5) is 5.13 Å². The lowest BCUT2D eigenvalue weighted by Gasteiger charge is -1.97. The molecule has 24 heavy (non-hydrogen) atoms. The molecule has 6 nitrogen and oxygen atoms in total. The first-order valence-corrected chi connectivity index (χ1v) is 8.68. The maximum Gasteiger partial charge on any atom is 0.232 e. The summed E-state index contributed by atoms with van der Waals surface area (Å²) in [6.07, 6.45) is 4.73. The van der Waals surface area contributed by atoms with Crippen molar-refractivity contribution in [1.29, 1.82) is 0 Å². The van der Waals surface area contributed by atoms with Crippen molar-refractivity contribution in [2.45, 2.75) is 32.6 Å². The number of unbranched alkanes of at least 4 members (excludes halogenated alkanes) is 1. The van der Waals surface area contributed by atoms with Crippen LogP contribution in [0.2, 0.25) is 0 Å². The molecule has 1 N–H and O–H groups in total. The zero-order chi connectivity index (χ0) is 16.8. The molecule has 3 aromatic rings. The second kappa shape index (κ2) is 7.83. The van der Waals surface area contributed by atoms with Gasteiger partial charge in [-0.25, -0.2) is 4.98 Å². The molecule has 0 fully saturated rings. The van der Waals surface area contributed by atoms with Gasteiger partial charge >= 0.3 is 0 Å². The Kier molecular flexibility index (Phi) is 5.32. The molecule has 0 aliphatic rings. The van der Waals surface area contributed by atoms with E-state index in [1.807, 2.05) is 30.3 Å². The fraction of sp³-hybridized carbons (Fsp3) is 0.294. The summed E-state index contributed by atoms with van der Waals surface area (Å²) in [4.78, 5) is 16.4. The summed E-state index contributed by atoms with van der Waals surface area (Å²) in [6.45, 7) is 2.13. The van der Waals surface area contributed by atoms with Crippen LogP contribution in [0.5, 0.6) is 0 Å². The van der Waals surface area contributed by atoms with Crippen molar-refractivity contribution in [3.63, 3.8) is 0 Å². The molecule has 0 bridgehead atoms. The molecule has 124 valence electrons. The number of amides is 1. The van der Waals surface area contributed by atoms with Crippen molar-refractivity contribution in [1.82, 2.24) is 15.2 Å². The van der Waals surface area contributed by atoms with Gasteiger partial charge in [-0.05, 0) is 18.6 Å². The van der Waals surface area contributed by atoms with E-state index in [4.69, 9.17) is 4.42 Å². The number of aryl methyl sites for hydroxylation is 1. The number of nitrogens with zero attached hydrogens (tertiary/aromatic N) is 3. The minimum atomic E-state index is -0.180. The van der Waals surface area contributed by atoms with Gasteiger partial charge in [0.1, 0.15) is 11.3 Å². The van der Waals surface area contributed by atoms with Crippen molar-refractivity contribution in [3.05, 3.63) is 47.3 Å². The molecule has 1 aromatic carbocycles. The molecule has 0 atom stereocenters. The maximum absolute atomic E-state index is 12.1. The maximum atomic E-state index is 12.1. The van der Waals surface area contributed by atoms with Crippen molar-refractivity contribution in [2.75, 3.05) is 5.32 Å². The van der Waals surface area contributed by atoms with E-state index < -0.39 is 0 Å². The Morgan fingerprint density at radius 3 is 2.88 bits per heavy atom. The molecule has 0 spiro atoms. The number of carbonyl (C=O) groups is 1. The van der Waals surface area contributed by atoms with Crippen LogP contribution in [0.25, 0.3) is 11.5 Å². The molecule has 0 saturated heterocycles. The van der Waals surface area contributed by atoms with E-state index >= 15 is 0 Å². The number of aromatic nitrogens is 3. The fourth-order valence-electron chi connectivity index (χ4n) is 2.16. The Labute approximate surface area is 144 Å². The van der Waals surface area contributed by atoms with E-state index in [1.165, 1.54) is 17.6 Å². The summed E-state index contributed by atoms with van der Waals surface area (Å²) < 4.78 is 5.43. The third kappa shape index (κ3) is 4.26. The lowest BCUT2D eigenvalue weighted by Crippen LogP contribution is -2.14. The zero-order valence-corrected chi connectivity index (χ0v) is 14.2. The highest BCUT2D eigenvalue weighted by Gasteiger charge is 2.12. The zero-order valence-electron chi connectivity index (χ0n) is 13.4. The summed E-state index contributed by atoms with van der Waals surface area (Å²) in [5, 5.41) is 12.3. The number of rotatable bonds is 7. The number of oxazole rings is 1. The minimum Gasteiger partial charge on any atom is -0.444 e. The predicted molar refractivity (Wildman–Crippen MR) is 92.8 cm³/mol. The second-order valence-corrected chi connectivity index (χ2v) is 6.40. The molecule has 0 unspecified atom stereocenters. The summed E-state index contributed by atoms with van der Waals surface area (Å²) in [5.74, 6) is 0.331. The van der Waals surface area contributed by atoms with Gasteiger partial charge < -0.3 is 9.73 Å². The quantitative estimate of drug-likeness (QED) is 0.708. The third-order valence-electron chi connectivity index (χ3n) is 3.37. The topological polar surface area (TPSA) is 80.9 Å². The molecule has 2 aromatic heterocycles. The molecule has 2 heterocycles. The van der Waals surface area contributed by atoms with Crippen LogP contribution in [0.1, 0.15) is 30.5 Å². The van der Waals surface area contributed by atoms with Gasteiger partial charge in [-0.3, -0.25) is 4.79 Å². The normalized spacial score (nSPS) is 10.7. The minimum absolute atomic E-state index is 0.139. The molecular weight excluding hydrogens is 324 g/mol. The molecular formula is C17H18N4O2S. The summed E-state index contributed by atoms with van der Waals surface area (Å²) in [5.41, 5.74) is 1.47. The average molecular weight is 342 g/mol. The first-order valence-electron chi connectivity index (χ1n) is 7.86. The Balaban J connectivity index is 1.57. The van der Waals surface area contributed by atoms with Crippen LogP contribution in [0, 0.1) is 0 Å². The number of nitrogens with one attached hydrogen (secondary N) is 1. The summed E-state index contributed by atoms with van der Waals surface area (Å²) >= 11 is 1.42. The average Bonchev–Trinajstić information content (AvgIpc) is 3.23.